The molecule has 0 aliphatic rings. The van der Waals surface area contributed by atoms with Crippen LogP contribution in [0, 0.1) is 13.8 Å². The van der Waals surface area contributed by atoms with Gasteiger partial charge in [0.1, 0.15) is 23.0 Å². The first kappa shape index (κ1) is 23.2. The second kappa shape index (κ2) is 8.75. The fourth-order valence-corrected chi connectivity index (χ4v) is 3.90. The molecule has 2 aromatic carbocycles. The number of hydrogen-bond donors (Lipinski definition) is 3. The molecule has 4 aromatic rings. The number of aryl methyl sites for hydroxylation is 2. The number of methoxy groups -OCH3 is 1. The number of carbonyl (C=O) groups excluding carboxylic acids is 1. The summed E-state index contributed by atoms with van der Waals surface area (Å²) < 4.78 is 6.88. The molecule has 0 spiro atoms. The van der Waals surface area contributed by atoms with E-state index >= 15 is 0 Å². The van der Waals surface area contributed by atoms with Crippen LogP contribution in [-0.4, -0.2) is 38.1 Å². The average Bonchev–Trinajstić information content (AvgIpc) is 3.17. The summed E-state index contributed by atoms with van der Waals surface area (Å²) in [6.07, 6.45) is 0.394. The van der Waals surface area contributed by atoms with Gasteiger partial charge in [-0.2, -0.15) is 4.52 Å². The van der Waals surface area contributed by atoms with Crippen LogP contribution in [0.15, 0.2) is 42.5 Å². The van der Waals surface area contributed by atoms with Gasteiger partial charge in [-0.15, -0.1) is 5.10 Å². The van der Waals surface area contributed by atoms with Gasteiger partial charge < -0.3 is 21.5 Å². The zero-order valence-corrected chi connectivity index (χ0v) is 20.0. The zero-order valence-electron chi connectivity index (χ0n) is 20.0. The summed E-state index contributed by atoms with van der Waals surface area (Å²) >= 11 is 0. The molecule has 0 aliphatic heterocycles. The number of amides is 1. The monoisotopic (exact) mass is 459 g/mol. The number of nitrogens with one attached hydrogen (secondary N) is 1. The maximum atomic E-state index is 12.6. The number of primary amides is 1. The van der Waals surface area contributed by atoms with Gasteiger partial charge in [0.15, 0.2) is 11.5 Å². The summed E-state index contributed by atoms with van der Waals surface area (Å²) in [5, 5.41) is 7.93. The Morgan fingerprint density at radius 2 is 1.82 bits per heavy atom. The third-order valence-electron chi connectivity index (χ3n) is 5.23. The Kier molecular flexibility index (Phi) is 5.97. The molecule has 1 amide bonds. The highest BCUT2D eigenvalue weighted by Crippen LogP contribution is 2.28. The van der Waals surface area contributed by atoms with E-state index in [1.807, 2.05) is 64.1 Å². The molecule has 0 fully saturated rings. The Balaban J connectivity index is 1.95. The van der Waals surface area contributed by atoms with E-state index in [4.69, 9.17) is 21.2 Å². The number of fused-ring (bicyclic) bond motifs is 1. The molecule has 4 rings (SSSR count). The molecule has 2 aromatic heterocycles. The number of anilines is 2. The van der Waals surface area contributed by atoms with Crippen molar-refractivity contribution in [1.29, 1.82) is 0 Å². The molecule has 0 aliphatic carbocycles. The fourth-order valence-electron chi connectivity index (χ4n) is 3.90. The molecule has 5 N–H and O–H groups in total. The Morgan fingerprint density at radius 1 is 1.12 bits per heavy atom. The number of nitrogens with zero attached hydrogens (tertiary/aromatic N) is 4. The molecule has 0 saturated heterocycles. The lowest BCUT2D eigenvalue weighted by molar-refractivity contribution is 0.100. The third-order valence-corrected chi connectivity index (χ3v) is 5.23. The van der Waals surface area contributed by atoms with Crippen molar-refractivity contribution in [2.24, 2.45) is 11.5 Å². The van der Waals surface area contributed by atoms with Gasteiger partial charge in [-0.1, -0.05) is 18.2 Å². The Labute approximate surface area is 198 Å². The molecule has 2 heterocycles. The first-order valence-electron chi connectivity index (χ1n) is 10.9. The van der Waals surface area contributed by atoms with E-state index in [-0.39, 0.29) is 5.56 Å². The predicted octanol–water partition coefficient (Wildman–Crippen LogP) is 3.54. The van der Waals surface area contributed by atoms with E-state index in [9.17, 15) is 4.79 Å². The minimum atomic E-state index is -0.660. The quantitative estimate of drug-likeness (QED) is 0.385. The molecule has 9 heteroatoms. The van der Waals surface area contributed by atoms with Gasteiger partial charge in [-0.25, -0.2) is 9.97 Å². The van der Waals surface area contributed by atoms with Crippen molar-refractivity contribution in [3.63, 3.8) is 0 Å². The van der Waals surface area contributed by atoms with Gasteiger partial charge in [-0.05, 0) is 63.1 Å². The Bertz CT molecular complexity index is 1370. The van der Waals surface area contributed by atoms with Crippen LogP contribution < -0.4 is 21.5 Å². The van der Waals surface area contributed by atoms with E-state index in [1.165, 1.54) is 0 Å². The van der Waals surface area contributed by atoms with Gasteiger partial charge in [0.2, 0.25) is 0 Å². The molecule has 9 nitrogen and oxygen atoms in total. The summed E-state index contributed by atoms with van der Waals surface area (Å²) in [6, 6.07) is 13.4. The number of carbonyl (C=O) groups is 1. The zero-order chi connectivity index (χ0) is 24.6. The van der Waals surface area contributed by atoms with Crippen LogP contribution >= 0.6 is 0 Å². The lowest BCUT2D eigenvalue weighted by Gasteiger charge is -2.20. The number of benzene rings is 2. The first-order chi connectivity index (χ1) is 16.0. The van der Waals surface area contributed by atoms with Gasteiger partial charge in [0.25, 0.3) is 5.91 Å². The van der Waals surface area contributed by atoms with Gasteiger partial charge in [0.05, 0.1) is 7.11 Å². The van der Waals surface area contributed by atoms with Crippen molar-refractivity contribution in [2.75, 3.05) is 12.4 Å². The summed E-state index contributed by atoms with van der Waals surface area (Å²) in [5.41, 5.74) is 15.7. The predicted molar refractivity (Wildman–Crippen MR) is 132 cm³/mol. The SMILES string of the molecule is COc1cccc(-c2nc3c(C(N)=O)c(Nc4cc(C)cc(C)c4)nc(CC(C)(C)N)n3n2)c1. The minimum absolute atomic E-state index is 0.152. The maximum absolute atomic E-state index is 12.6. The largest absolute Gasteiger partial charge is 0.497 e. The van der Waals surface area contributed by atoms with Crippen molar-refractivity contribution < 1.29 is 9.53 Å². The maximum Gasteiger partial charge on any atom is 0.256 e. The van der Waals surface area contributed by atoms with Crippen LogP contribution in [0.5, 0.6) is 5.75 Å². The van der Waals surface area contributed by atoms with Crippen LogP contribution in [0.1, 0.15) is 41.2 Å². The summed E-state index contributed by atoms with van der Waals surface area (Å²) in [4.78, 5) is 22.0. The van der Waals surface area contributed by atoms with Crippen LogP contribution in [0.3, 0.4) is 0 Å². The number of aromatic nitrogens is 4. The number of nitrogens with two attached hydrogens (primary N) is 2. The van der Waals surface area contributed by atoms with E-state index in [0.29, 0.717) is 35.3 Å². The lowest BCUT2D eigenvalue weighted by atomic mass is 10.0. The third kappa shape index (κ3) is 4.84. The second-order valence-corrected chi connectivity index (χ2v) is 9.19. The van der Waals surface area contributed by atoms with Gasteiger partial charge in [-0.3, -0.25) is 4.79 Å². The number of ether oxygens (including phenoxy) is 1. The molecule has 34 heavy (non-hydrogen) atoms. The normalized spacial score (nSPS) is 11.6. The standard InChI is InChI=1S/C25H29N7O2/c1-14-9-15(2)11-17(10-14)28-23-20(21(26)33)24-30-22(16-7-6-8-18(12-16)34-5)31-32(24)19(29-23)13-25(3,4)27/h6-12,28H,13,27H2,1-5H3,(H2,26,33). The first-order valence-corrected chi connectivity index (χ1v) is 10.9. The van der Waals surface area contributed by atoms with Gasteiger partial charge >= 0.3 is 0 Å². The average molecular weight is 460 g/mol. The van der Waals surface area contributed by atoms with Crippen LogP contribution in [0.25, 0.3) is 17.0 Å². The highest BCUT2D eigenvalue weighted by Gasteiger charge is 2.25. The van der Waals surface area contributed by atoms with Crippen molar-refractivity contribution in [3.8, 4) is 17.1 Å². The summed E-state index contributed by atoms with van der Waals surface area (Å²) in [6.45, 7) is 7.81. The Morgan fingerprint density at radius 3 is 2.44 bits per heavy atom. The number of hydrogen-bond acceptors (Lipinski definition) is 7. The smallest absolute Gasteiger partial charge is 0.256 e. The van der Waals surface area contributed by atoms with Crippen LogP contribution in [0.2, 0.25) is 0 Å². The fraction of sp³-hybridized carbons (Fsp3) is 0.280. The van der Waals surface area contributed by atoms with Gasteiger partial charge in [0, 0.05) is 23.2 Å². The van der Waals surface area contributed by atoms with E-state index in [2.05, 4.69) is 21.5 Å². The van der Waals surface area contributed by atoms with Crippen LogP contribution in [-0.2, 0) is 6.42 Å². The van der Waals surface area contributed by atoms with E-state index in [0.717, 1.165) is 22.4 Å². The molecule has 0 atom stereocenters. The summed E-state index contributed by atoms with van der Waals surface area (Å²) in [5.74, 6) is 1.30. The van der Waals surface area contributed by atoms with Crippen molar-refractivity contribution in [1.82, 2.24) is 19.6 Å². The van der Waals surface area contributed by atoms with E-state index in [1.54, 1.807) is 11.6 Å². The number of rotatable bonds is 7. The van der Waals surface area contributed by atoms with E-state index < -0.39 is 11.4 Å². The molecular formula is C25H29N7O2. The molecule has 0 unspecified atom stereocenters. The highest BCUT2D eigenvalue weighted by molar-refractivity contribution is 6.04. The van der Waals surface area contributed by atoms with Crippen molar-refractivity contribution >= 4 is 23.1 Å². The van der Waals surface area contributed by atoms with Crippen molar-refractivity contribution in [3.05, 3.63) is 65.0 Å². The molecule has 0 saturated carbocycles. The minimum Gasteiger partial charge on any atom is -0.497 e. The molecular weight excluding hydrogens is 430 g/mol. The molecule has 176 valence electrons. The highest BCUT2D eigenvalue weighted by atomic mass is 16.5. The van der Waals surface area contributed by atoms with Crippen molar-refractivity contribution in [2.45, 2.75) is 39.7 Å². The lowest BCUT2D eigenvalue weighted by Crippen LogP contribution is -2.36. The summed E-state index contributed by atoms with van der Waals surface area (Å²) in [7, 11) is 1.59. The second-order valence-electron chi connectivity index (χ2n) is 9.19. The van der Waals surface area contributed by atoms with Crippen LogP contribution in [0.4, 0.5) is 11.5 Å². The molecule has 0 radical (unpaired) electrons. The topological polar surface area (TPSA) is 133 Å². The molecule has 0 bridgehead atoms. The Hall–Kier alpha value is -3.98.